The van der Waals surface area contributed by atoms with Crippen molar-refractivity contribution in [2.45, 2.75) is 39.3 Å². The van der Waals surface area contributed by atoms with E-state index in [9.17, 15) is 4.79 Å². The molecule has 6 heteroatoms. The summed E-state index contributed by atoms with van der Waals surface area (Å²) in [6.07, 6.45) is 0.936. The van der Waals surface area contributed by atoms with Gasteiger partial charge in [-0.2, -0.15) is 0 Å². The summed E-state index contributed by atoms with van der Waals surface area (Å²) >= 11 is 0. The van der Waals surface area contributed by atoms with Gasteiger partial charge in [-0.3, -0.25) is 4.79 Å². The Kier molecular flexibility index (Phi) is 8.34. The Labute approximate surface area is 173 Å². The maximum atomic E-state index is 11.9. The third-order valence-electron chi connectivity index (χ3n) is 4.18. The first-order valence-electron chi connectivity index (χ1n) is 9.75. The van der Waals surface area contributed by atoms with E-state index in [1.165, 1.54) is 5.56 Å². The van der Waals surface area contributed by atoms with Crippen LogP contribution < -0.4 is 24.8 Å². The highest BCUT2D eigenvalue weighted by Gasteiger charge is 2.15. The van der Waals surface area contributed by atoms with Crippen molar-refractivity contribution in [1.29, 1.82) is 0 Å². The molecular formula is C23H32N2O4. The Morgan fingerprint density at radius 2 is 1.62 bits per heavy atom. The van der Waals surface area contributed by atoms with Gasteiger partial charge in [0.05, 0.1) is 14.2 Å². The van der Waals surface area contributed by atoms with Crippen LogP contribution in [0.3, 0.4) is 0 Å². The number of carbonyl (C=O) groups is 1. The van der Waals surface area contributed by atoms with Gasteiger partial charge in [-0.25, -0.2) is 0 Å². The normalized spacial score (nSPS) is 11.1. The molecule has 2 aromatic carbocycles. The first kappa shape index (κ1) is 22.6. The van der Waals surface area contributed by atoms with Gasteiger partial charge in [0.1, 0.15) is 5.75 Å². The van der Waals surface area contributed by atoms with E-state index >= 15 is 0 Å². The van der Waals surface area contributed by atoms with Crippen LogP contribution in [0, 0.1) is 0 Å². The van der Waals surface area contributed by atoms with Crippen molar-refractivity contribution in [3.63, 3.8) is 0 Å². The zero-order valence-corrected chi connectivity index (χ0v) is 18.0. The van der Waals surface area contributed by atoms with Crippen LogP contribution in [-0.4, -0.2) is 38.8 Å². The molecule has 0 saturated heterocycles. The summed E-state index contributed by atoms with van der Waals surface area (Å²) < 4.78 is 16.2. The third-order valence-corrected chi connectivity index (χ3v) is 4.18. The Bertz CT molecular complexity index is 782. The van der Waals surface area contributed by atoms with Gasteiger partial charge in [-0.05, 0) is 69.1 Å². The standard InChI is InChI=1S/C23H32N2O4/c1-23(2,3)25-22(26)16-29-20-11-8-18(14-21(20)28-5)15-24-13-12-17-6-9-19(27-4)10-7-17/h6-11,14,24H,12-13,15-16H2,1-5H3,(H,25,26). The van der Waals surface area contributed by atoms with Gasteiger partial charge in [-0.15, -0.1) is 0 Å². The largest absolute Gasteiger partial charge is 0.497 e. The van der Waals surface area contributed by atoms with Crippen molar-refractivity contribution < 1.29 is 19.0 Å². The van der Waals surface area contributed by atoms with E-state index in [0.717, 1.165) is 30.8 Å². The summed E-state index contributed by atoms with van der Waals surface area (Å²) in [6, 6.07) is 13.8. The van der Waals surface area contributed by atoms with Gasteiger partial charge in [0.25, 0.3) is 5.91 Å². The van der Waals surface area contributed by atoms with E-state index in [-0.39, 0.29) is 18.1 Å². The second kappa shape index (κ2) is 10.7. The lowest BCUT2D eigenvalue weighted by molar-refractivity contribution is -0.124. The number of carbonyl (C=O) groups excluding carboxylic acids is 1. The molecule has 0 aliphatic rings. The first-order chi connectivity index (χ1) is 13.8. The maximum absolute atomic E-state index is 11.9. The molecule has 6 nitrogen and oxygen atoms in total. The fraction of sp³-hybridized carbons (Fsp3) is 0.435. The van der Waals surface area contributed by atoms with Gasteiger partial charge < -0.3 is 24.8 Å². The molecule has 29 heavy (non-hydrogen) atoms. The highest BCUT2D eigenvalue weighted by atomic mass is 16.5. The smallest absolute Gasteiger partial charge is 0.258 e. The van der Waals surface area contributed by atoms with Crippen molar-refractivity contribution in [2.75, 3.05) is 27.4 Å². The van der Waals surface area contributed by atoms with Gasteiger partial charge >= 0.3 is 0 Å². The summed E-state index contributed by atoms with van der Waals surface area (Å²) in [7, 11) is 3.26. The molecule has 0 heterocycles. The number of methoxy groups -OCH3 is 2. The lowest BCUT2D eigenvalue weighted by Crippen LogP contribution is -2.43. The average molecular weight is 401 g/mol. The van der Waals surface area contributed by atoms with Crippen molar-refractivity contribution in [2.24, 2.45) is 0 Å². The molecule has 0 spiro atoms. The molecule has 158 valence electrons. The Balaban J connectivity index is 1.81. The zero-order valence-electron chi connectivity index (χ0n) is 18.0. The quantitative estimate of drug-likeness (QED) is 0.599. The van der Waals surface area contributed by atoms with Crippen molar-refractivity contribution >= 4 is 5.91 Å². The lowest BCUT2D eigenvalue weighted by atomic mass is 10.1. The second-order valence-electron chi connectivity index (χ2n) is 7.85. The molecule has 0 saturated carbocycles. The number of benzene rings is 2. The number of ether oxygens (including phenoxy) is 3. The number of amides is 1. The van der Waals surface area contributed by atoms with E-state index in [1.54, 1.807) is 14.2 Å². The van der Waals surface area contributed by atoms with Crippen LogP contribution in [0.1, 0.15) is 31.9 Å². The number of nitrogens with one attached hydrogen (secondary N) is 2. The fourth-order valence-corrected chi connectivity index (χ4v) is 2.80. The van der Waals surface area contributed by atoms with Gasteiger partial charge in [-0.1, -0.05) is 18.2 Å². The average Bonchev–Trinajstić information content (AvgIpc) is 2.69. The summed E-state index contributed by atoms with van der Waals surface area (Å²) in [4.78, 5) is 11.9. The van der Waals surface area contributed by atoms with Crippen LogP contribution in [0.15, 0.2) is 42.5 Å². The lowest BCUT2D eigenvalue weighted by Gasteiger charge is -2.20. The van der Waals surface area contributed by atoms with E-state index in [0.29, 0.717) is 11.5 Å². The number of rotatable bonds is 10. The Morgan fingerprint density at radius 3 is 2.24 bits per heavy atom. The molecular weight excluding hydrogens is 368 g/mol. The molecule has 0 unspecified atom stereocenters. The minimum Gasteiger partial charge on any atom is -0.497 e. The van der Waals surface area contributed by atoms with Crippen molar-refractivity contribution in [3.8, 4) is 17.2 Å². The topological polar surface area (TPSA) is 68.8 Å². The minimum atomic E-state index is -0.286. The Morgan fingerprint density at radius 1 is 0.931 bits per heavy atom. The van der Waals surface area contributed by atoms with E-state index in [2.05, 4.69) is 22.8 Å². The second-order valence-corrected chi connectivity index (χ2v) is 7.85. The van der Waals surface area contributed by atoms with E-state index in [1.807, 2.05) is 51.1 Å². The summed E-state index contributed by atoms with van der Waals surface area (Å²) in [5.74, 6) is 1.87. The van der Waals surface area contributed by atoms with E-state index in [4.69, 9.17) is 14.2 Å². The maximum Gasteiger partial charge on any atom is 0.258 e. The van der Waals surface area contributed by atoms with Gasteiger partial charge in [0, 0.05) is 12.1 Å². The van der Waals surface area contributed by atoms with Gasteiger partial charge in [0.2, 0.25) is 0 Å². The zero-order chi connectivity index (χ0) is 21.3. The molecule has 0 radical (unpaired) electrons. The van der Waals surface area contributed by atoms with Gasteiger partial charge in [0.15, 0.2) is 18.1 Å². The van der Waals surface area contributed by atoms with Crippen LogP contribution >= 0.6 is 0 Å². The van der Waals surface area contributed by atoms with Crippen LogP contribution in [0.25, 0.3) is 0 Å². The molecule has 0 fully saturated rings. The monoisotopic (exact) mass is 400 g/mol. The molecule has 0 atom stereocenters. The molecule has 2 aromatic rings. The highest BCUT2D eigenvalue weighted by molar-refractivity contribution is 5.78. The van der Waals surface area contributed by atoms with E-state index < -0.39 is 0 Å². The first-order valence-corrected chi connectivity index (χ1v) is 9.75. The summed E-state index contributed by atoms with van der Waals surface area (Å²) in [6.45, 7) is 7.33. The van der Waals surface area contributed by atoms with Crippen LogP contribution in [0.5, 0.6) is 17.2 Å². The molecule has 0 bridgehead atoms. The molecule has 0 aliphatic heterocycles. The molecule has 0 aliphatic carbocycles. The van der Waals surface area contributed by atoms with Crippen LogP contribution in [0.2, 0.25) is 0 Å². The summed E-state index contributed by atoms with van der Waals surface area (Å²) in [5.41, 5.74) is 2.06. The third kappa shape index (κ3) is 8.03. The summed E-state index contributed by atoms with van der Waals surface area (Å²) in [5, 5.41) is 6.30. The highest BCUT2D eigenvalue weighted by Crippen LogP contribution is 2.28. The minimum absolute atomic E-state index is 0.0485. The van der Waals surface area contributed by atoms with Crippen LogP contribution in [0.4, 0.5) is 0 Å². The molecule has 1 amide bonds. The van der Waals surface area contributed by atoms with Crippen molar-refractivity contribution in [3.05, 3.63) is 53.6 Å². The SMILES string of the molecule is COc1ccc(CCNCc2ccc(OCC(=O)NC(C)(C)C)c(OC)c2)cc1. The predicted octanol–water partition coefficient (Wildman–Crippen LogP) is 3.33. The fourth-order valence-electron chi connectivity index (χ4n) is 2.80. The number of hydrogen-bond acceptors (Lipinski definition) is 5. The molecule has 0 aromatic heterocycles. The molecule has 2 N–H and O–H groups in total. The Hall–Kier alpha value is -2.73. The molecule has 2 rings (SSSR count). The van der Waals surface area contributed by atoms with Crippen molar-refractivity contribution in [1.82, 2.24) is 10.6 Å². The number of hydrogen-bond donors (Lipinski definition) is 2. The predicted molar refractivity (Wildman–Crippen MR) is 115 cm³/mol. The van der Waals surface area contributed by atoms with Crippen LogP contribution in [-0.2, 0) is 17.8 Å².